The van der Waals surface area contributed by atoms with Crippen molar-refractivity contribution in [2.45, 2.75) is 43.4 Å². The second-order valence-corrected chi connectivity index (χ2v) is 6.25. The van der Waals surface area contributed by atoms with Crippen molar-refractivity contribution in [1.29, 1.82) is 0 Å². The lowest BCUT2D eigenvalue weighted by Gasteiger charge is -2.23. The van der Waals surface area contributed by atoms with Crippen molar-refractivity contribution in [2.75, 3.05) is 6.54 Å². The maximum absolute atomic E-state index is 4.01. The van der Waals surface area contributed by atoms with Crippen molar-refractivity contribution < 1.29 is 0 Å². The first-order chi connectivity index (χ1) is 6.97. The van der Waals surface area contributed by atoms with Gasteiger partial charge in [0.15, 0.2) is 0 Å². The summed E-state index contributed by atoms with van der Waals surface area (Å²) in [5.74, 6) is 0. The highest BCUT2D eigenvalue weighted by molar-refractivity contribution is 8.00. The maximum Gasteiger partial charge on any atom is 0.0278 e. The Morgan fingerprint density at radius 1 is 1.33 bits per heavy atom. The molecular weight excluding hydrogens is 204 g/mol. The molecule has 0 saturated carbocycles. The molecule has 0 bridgehead atoms. The second kappa shape index (κ2) is 5.52. The summed E-state index contributed by atoms with van der Waals surface area (Å²) in [4.78, 5) is 5.29. The van der Waals surface area contributed by atoms with Crippen molar-refractivity contribution in [3.63, 3.8) is 0 Å². The third-order valence-corrected chi connectivity index (χ3v) is 3.02. The van der Waals surface area contributed by atoms with Crippen LogP contribution in [0.4, 0.5) is 0 Å². The van der Waals surface area contributed by atoms with Crippen LogP contribution in [0.3, 0.4) is 0 Å². The van der Waals surface area contributed by atoms with Crippen molar-refractivity contribution >= 4 is 11.8 Å². The molecule has 0 aliphatic heterocycles. The minimum absolute atomic E-state index is 0.201. The molecule has 3 heteroatoms. The molecule has 0 aliphatic carbocycles. The van der Waals surface area contributed by atoms with Gasteiger partial charge in [-0.3, -0.25) is 4.98 Å². The molecule has 15 heavy (non-hydrogen) atoms. The van der Waals surface area contributed by atoms with Gasteiger partial charge in [-0.15, -0.1) is 11.8 Å². The summed E-state index contributed by atoms with van der Waals surface area (Å²) >= 11 is 1.88. The largest absolute Gasteiger partial charge is 0.311 e. The van der Waals surface area contributed by atoms with Crippen LogP contribution < -0.4 is 5.32 Å². The van der Waals surface area contributed by atoms with Crippen LogP contribution in [0.5, 0.6) is 0 Å². The van der Waals surface area contributed by atoms with Crippen molar-refractivity contribution in [3.05, 3.63) is 24.5 Å². The molecule has 1 N–H and O–H groups in total. The van der Waals surface area contributed by atoms with Gasteiger partial charge in [0, 0.05) is 34.6 Å². The minimum atomic E-state index is 0.201. The van der Waals surface area contributed by atoms with Crippen LogP contribution in [0.25, 0.3) is 0 Å². The fourth-order valence-corrected chi connectivity index (χ4v) is 2.05. The Labute approximate surface area is 96.9 Å². The van der Waals surface area contributed by atoms with Gasteiger partial charge in [-0.05, 0) is 32.9 Å². The number of nitrogens with zero attached hydrogens (tertiary/aromatic N) is 1. The summed E-state index contributed by atoms with van der Waals surface area (Å²) in [5, 5.41) is 4.08. The monoisotopic (exact) mass is 224 g/mol. The normalized spacial score (nSPS) is 13.9. The second-order valence-electron chi connectivity index (χ2n) is 4.74. The van der Waals surface area contributed by atoms with E-state index in [0.29, 0.717) is 5.25 Å². The number of thioether (sulfide) groups is 1. The Balaban J connectivity index is 2.34. The highest BCUT2D eigenvalue weighted by Gasteiger charge is 2.11. The first-order valence-electron chi connectivity index (χ1n) is 5.29. The number of nitrogens with one attached hydrogen (secondary N) is 1. The summed E-state index contributed by atoms with van der Waals surface area (Å²) in [6.45, 7) is 9.84. The number of hydrogen-bond acceptors (Lipinski definition) is 3. The lowest BCUT2D eigenvalue weighted by molar-refractivity contribution is 0.429. The Kier molecular flexibility index (Phi) is 4.61. The highest BCUT2D eigenvalue weighted by Crippen LogP contribution is 2.21. The molecule has 1 atom stereocenters. The van der Waals surface area contributed by atoms with E-state index >= 15 is 0 Å². The third-order valence-electron chi connectivity index (χ3n) is 1.91. The lowest BCUT2D eigenvalue weighted by Crippen LogP contribution is -2.39. The average molecular weight is 224 g/mol. The van der Waals surface area contributed by atoms with Crippen LogP contribution in [0.15, 0.2) is 29.4 Å². The molecule has 0 saturated heterocycles. The Hall–Kier alpha value is -0.540. The molecule has 0 spiro atoms. The molecular formula is C12H20N2S. The van der Waals surface area contributed by atoms with E-state index in [1.54, 1.807) is 0 Å². The fourth-order valence-electron chi connectivity index (χ4n) is 1.14. The fraction of sp³-hybridized carbons (Fsp3) is 0.583. The van der Waals surface area contributed by atoms with Gasteiger partial charge in [-0.25, -0.2) is 0 Å². The van der Waals surface area contributed by atoms with Crippen LogP contribution >= 0.6 is 11.8 Å². The summed E-state index contributed by atoms with van der Waals surface area (Å²) in [6, 6.07) is 4.11. The number of aromatic nitrogens is 1. The Morgan fingerprint density at radius 2 is 1.93 bits per heavy atom. The first-order valence-corrected chi connectivity index (χ1v) is 6.17. The molecule has 0 amide bonds. The molecule has 0 radical (unpaired) electrons. The number of pyridine rings is 1. The summed E-state index contributed by atoms with van der Waals surface area (Å²) in [5.41, 5.74) is 0.201. The maximum atomic E-state index is 4.01. The van der Waals surface area contributed by atoms with Gasteiger partial charge in [0.2, 0.25) is 0 Å². The molecule has 2 nitrogen and oxygen atoms in total. The Bertz CT molecular complexity index is 279. The molecule has 1 rings (SSSR count). The van der Waals surface area contributed by atoms with Gasteiger partial charge in [0.25, 0.3) is 0 Å². The predicted octanol–water partition coefficient (Wildman–Crippen LogP) is 2.95. The van der Waals surface area contributed by atoms with Gasteiger partial charge in [-0.1, -0.05) is 6.92 Å². The molecule has 0 aromatic carbocycles. The van der Waals surface area contributed by atoms with Crippen LogP contribution in [0, 0.1) is 0 Å². The van der Waals surface area contributed by atoms with Crippen molar-refractivity contribution in [2.24, 2.45) is 0 Å². The first kappa shape index (κ1) is 12.5. The van der Waals surface area contributed by atoms with Crippen molar-refractivity contribution in [3.8, 4) is 0 Å². The van der Waals surface area contributed by atoms with Gasteiger partial charge in [0.1, 0.15) is 0 Å². The molecule has 1 unspecified atom stereocenters. The average Bonchev–Trinajstić information content (AvgIpc) is 2.15. The summed E-state index contributed by atoms with van der Waals surface area (Å²) in [6.07, 6.45) is 3.68. The van der Waals surface area contributed by atoms with Gasteiger partial charge in [-0.2, -0.15) is 0 Å². The molecule has 84 valence electrons. The van der Waals surface area contributed by atoms with E-state index in [9.17, 15) is 0 Å². The van der Waals surface area contributed by atoms with Gasteiger partial charge >= 0.3 is 0 Å². The lowest BCUT2D eigenvalue weighted by atomic mass is 10.1. The molecule has 0 fully saturated rings. The number of rotatable bonds is 4. The molecule has 0 aliphatic rings. The van der Waals surface area contributed by atoms with Gasteiger partial charge in [0.05, 0.1) is 0 Å². The van der Waals surface area contributed by atoms with E-state index in [0.717, 1.165) is 6.54 Å². The summed E-state index contributed by atoms with van der Waals surface area (Å²) in [7, 11) is 0. The molecule has 1 heterocycles. The number of hydrogen-bond donors (Lipinski definition) is 1. The minimum Gasteiger partial charge on any atom is -0.311 e. The topological polar surface area (TPSA) is 24.9 Å². The van der Waals surface area contributed by atoms with Crippen LogP contribution in [0.1, 0.15) is 27.7 Å². The third kappa shape index (κ3) is 5.80. The predicted molar refractivity (Wildman–Crippen MR) is 67.3 cm³/mol. The van der Waals surface area contributed by atoms with E-state index in [4.69, 9.17) is 0 Å². The van der Waals surface area contributed by atoms with E-state index in [-0.39, 0.29) is 5.54 Å². The van der Waals surface area contributed by atoms with Crippen LogP contribution in [0.2, 0.25) is 0 Å². The van der Waals surface area contributed by atoms with E-state index in [1.165, 1.54) is 4.90 Å². The van der Waals surface area contributed by atoms with E-state index in [2.05, 4.69) is 50.1 Å². The SMILES string of the molecule is CC(CNC(C)(C)C)Sc1ccncc1. The smallest absolute Gasteiger partial charge is 0.0278 e. The standard InChI is InChI=1S/C12H20N2S/c1-10(9-14-12(2,3)4)15-11-5-7-13-8-6-11/h5-8,10,14H,9H2,1-4H3. The zero-order valence-corrected chi connectivity index (χ0v) is 10.8. The van der Waals surface area contributed by atoms with Crippen molar-refractivity contribution in [1.82, 2.24) is 10.3 Å². The van der Waals surface area contributed by atoms with Gasteiger partial charge < -0.3 is 5.32 Å². The van der Waals surface area contributed by atoms with E-state index in [1.807, 2.05) is 24.2 Å². The zero-order chi connectivity index (χ0) is 11.3. The zero-order valence-electron chi connectivity index (χ0n) is 9.95. The molecule has 1 aromatic heterocycles. The van der Waals surface area contributed by atoms with Crippen LogP contribution in [-0.4, -0.2) is 22.3 Å². The highest BCUT2D eigenvalue weighted by atomic mass is 32.2. The Morgan fingerprint density at radius 3 is 2.47 bits per heavy atom. The summed E-state index contributed by atoms with van der Waals surface area (Å²) < 4.78 is 0. The van der Waals surface area contributed by atoms with E-state index < -0.39 is 0 Å². The van der Waals surface area contributed by atoms with Crippen LogP contribution in [-0.2, 0) is 0 Å². The quantitative estimate of drug-likeness (QED) is 0.796. The molecule has 1 aromatic rings.